The zero-order valence-electron chi connectivity index (χ0n) is 6.38. The molecule has 1 heterocycles. The Morgan fingerprint density at radius 1 is 1.64 bits per heavy atom. The molecule has 4 heteroatoms. The third-order valence-electron chi connectivity index (χ3n) is 1.29. The van der Waals surface area contributed by atoms with Gasteiger partial charge in [0.25, 0.3) is 5.56 Å². The third kappa shape index (κ3) is 1.77. The molecule has 0 aliphatic rings. The van der Waals surface area contributed by atoms with E-state index in [0.717, 1.165) is 11.5 Å². The van der Waals surface area contributed by atoms with E-state index in [1.807, 2.05) is 13.8 Å². The molecule has 0 fully saturated rings. The first-order valence-electron chi connectivity index (χ1n) is 3.34. The minimum atomic E-state index is -0.195. The summed E-state index contributed by atoms with van der Waals surface area (Å²) in [6.45, 7) is 3.62. The predicted molar refractivity (Wildman–Crippen MR) is 44.1 cm³/mol. The lowest BCUT2D eigenvalue weighted by Crippen LogP contribution is -2.05. The van der Waals surface area contributed by atoms with Crippen LogP contribution in [-0.2, 0) is 0 Å². The number of Topliss-reactive ketones (excluding diaryl/α,β-unsaturated/α-hetero) is 1. The first-order valence-corrected chi connectivity index (χ1v) is 4.15. The van der Waals surface area contributed by atoms with Crippen LogP contribution in [0.3, 0.4) is 0 Å². The number of aromatic amines is 1. The second kappa shape index (κ2) is 3.00. The number of hydrogen-bond acceptors (Lipinski definition) is 3. The highest BCUT2D eigenvalue weighted by Gasteiger charge is 2.12. The molecule has 0 aliphatic carbocycles. The van der Waals surface area contributed by atoms with E-state index in [9.17, 15) is 9.59 Å². The molecule has 1 rings (SSSR count). The van der Waals surface area contributed by atoms with Crippen molar-refractivity contribution in [3.05, 3.63) is 21.3 Å². The van der Waals surface area contributed by atoms with Crippen LogP contribution in [0.5, 0.6) is 0 Å². The highest BCUT2D eigenvalue weighted by Crippen LogP contribution is 2.08. The fourth-order valence-electron chi connectivity index (χ4n) is 0.689. The van der Waals surface area contributed by atoms with Crippen LogP contribution in [0, 0.1) is 5.92 Å². The van der Waals surface area contributed by atoms with Gasteiger partial charge in [-0.1, -0.05) is 25.4 Å². The first-order chi connectivity index (χ1) is 5.11. The zero-order chi connectivity index (χ0) is 8.43. The van der Waals surface area contributed by atoms with Gasteiger partial charge in [-0.05, 0) is 0 Å². The van der Waals surface area contributed by atoms with Crippen molar-refractivity contribution in [1.29, 1.82) is 0 Å². The van der Waals surface area contributed by atoms with Crippen LogP contribution >= 0.6 is 11.5 Å². The zero-order valence-corrected chi connectivity index (χ0v) is 7.20. The second-order valence-corrected chi connectivity index (χ2v) is 3.44. The van der Waals surface area contributed by atoms with Crippen LogP contribution in [0.1, 0.15) is 23.5 Å². The molecule has 0 spiro atoms. The van der Waals surface area contributed by atoms with Crippen LogP contribution in [-0.4, -0.2) is 10.2 Å². The van der Waals surface area contributed by atoms with Gasteiger partial charge in [0.05, 0.1) is 4.88 Å². The van der Waals surface area contributed by atoms with E-state index in [-0.39, 0.29) is 17.3 Å². The SMILES string of the molecule is CC(C)C(=O)c1cc(=O)[nH]s1. The molecule has 1 N–H and O–H groups in total. The van der Waals surface area contributed by atoms with Gasteiger partial charge >= 0.3 is 0 Å². The number of ketones is 1. The minimum Gasteiger partial charge on any atom is -0.293 e. The largest absolute Gasteiger partial charge is 0.293 e. The standard InChI is InChI=1S/C7H9NO2S/c1-4(2)7(10)5-3-6(9)8-11-5/h3-4H,1-2H3,(H,8,9). The summed E-state index contributed by atoms with van der Waals surface area (Å²) in [6.07, 6.45) is 0. The molecule has 0 radical (unpaired) electrons. The lowest BCUT2D eigenvalue weighted by molar-refractivity contribution is 0.0943. The van der Waals surface area contributed by atoms with E-state index in [1.165, 1.54) is 6.07 Å². The van der Waals surface area contributed by atoms with Gasteiger partial charge in [0.15, 0.2) is 5.78 Å². The Kier molecular flexibility index (Phi) is 2.24. The highest BCUT2D eigenvalue weighted by molar-refractivity contribution is 7.08. The third-order valence-corrected chi connectivity index (χ3v) is 2.13. The summed E-state index contributed by atoms with van der Waals surface area (Å²) in [5.74, 6) is -0.0187. The fourth-order valence-corrected chi connectivity index (χ4v) is 1.46. The normalized spacial score (nSPS) is 10.5. The van der Waals surface area contributed by atoms with Crippen molar-refractivity contribution in [3.63, 3.8) is 0 Å². The predicted octanol–water partition coefficient (Wildman–Crippen LogP) is 1.28. The van der Waals surface area contributed by atoms with Crippen molar-refractivity contribution in [2.24, 2.45) is 5.92 Å². The summed E-state index contributed by atoms with van der Waals surface area (Å²) in [5, 5.41) is 0. The van der Waals surface area contributed by atoms with Gasteiger partial charge < -0.3 is 0 Å². The average Bonchev–Trinajstić information content (AvgIpc) is 2.34. The molecule has 0 aromatic carbocycles. The van der Waals surface area contributed by atoms with Crippen molar-refractivity contribution >= 4 is 17.3 Å². The highest BCUT2D eigenvalue weighted by atomic mass is 32.1. The summed E-state index contributed by atoms with van der Waals surface area (Å²) in [4.78, 5) is 22.3. The summed E-state index contributed by atoms with van der Waals surface area (Å²) in [5.41, 5.74) is -0.195. The Hall–Kier alpha value is -0.900. The minimum absolute atomic E-state index is 0.0216. The fraction of sp³-hybridized carbons (Fsp3) is 0.429. The van der Waals surface area contributed by atoms with E-state index < -0.39 is 0 Å². The number of rotatable bonds is 2. The Bertz CT molecular complexity index is 310. The molecular weight excluding hydrogens is 162 g/mol. The molecule has 0 aliphatic heterocycles. The van der Waals surface area contributed by atoms with Crippen molar-refractivity contribution in [1.82, 2.24) is 4.37 Å². The molecule has 11 heavy (non-hydrogen) atoms. The van der Waals surface area contributed by atoms with Crippen molar-refractivity contribution in [2.45, 2.75) is 13.8 Å². The van der Waals surface area contributed by atoms with Gasteiger partial charge in [-0.15, -0.1) is 0 Å². The molecule has 1 aromatic rings. The van der Waals surface area contributed by atoms with Crippen molar-refractivity contribution in [2.75, 3.05) is 0 Å². The molecule has 0 atom stereocenters. The van der Waals surface area contributed by atoms with E-state index in [2.05, 4.69) is 4.37 Å². The topological polar surface area (TPSA) is 49.9 Å². The summed E-state index contributed by atoms with van der Waals surface area (Å²) in [7, 11) is 0. The maximum atomic E-state index is 11.2. The quantitative estimate of drug-likeness (QED) is 0.681. The monoisotopic (exact) mass is 171 g/mol. The smallest absolute Gasteiger partial charge is 0.258 e. The van der Waals surface area contributed by atoms with Gasteiger partial charge in [-0.3, -0.25) is 14.0 Å². The number of carbonyl (C=O) groups excluding carboxylic acids is 1. The van der Waals surface area contributed by atoms with E-state index in [0.29, 0.717) is 4.88 Å². The summed E-state index contributed by atoms with van der Waals surface area (Å²) < 4.78 is 2.47. The average molecular weight is 171 g/mol. The summed E-state index contributed by atoms with van der Waals surface area (Å²) >= 11 is 1.10. The van der Waals surface area contributed by atoms with Crippen LogP contribution < -0.4 is 5.56 Å². The number of carbonyl (C=O) groups is 1. The Morgan fingerprint density at radius 3 is 2.64 bits per heavy atom. The Morgan fingerprint density at radius 2 is 2.27 bits per heavy atom. The van der Waals surface area contributed by atoms with Crippen molar-refractivity contribution in [3.8, 4) is 0 Å². The first kappa shape index (κ1) is 8.20. The number of aromatic nitrogens is 1. The van der Waals surface area contributed by atoms with E-state index in [4.69, 9.17) is 0 Å². The van der Waals surface area contributed by atoms with Crippen LogP contribution in [0.15, 0.2) is 10.9 Å². The number of H-pyrrole nitrogens is 1. The van der Waals surface area contributed by atoms with Crippen LogP contribution in [0.2, 0.25) is 0 Å². The molecule has 1 aromatic heterocycles. The van der Waals surface area contributed by atoms with E-state index in [1.54, 1.807) is 0 Å². The maximum Gasteiger partial charge on any atom is 0.258 e. The van der Waals surface area contributed by atoms with Gasteiger partial charge in [-0.2, -0.15) is 0 Å². The Labute approximate surface area is 68.2 Å². The molecule has 0 amide bonds. The Balaban J connectivity index is 2.94. The molecule has 0 saturated carbocycles. The van der Waals surface area contributed by atoms with Gasteiger partial charge in [-0.25, -0.2) is 0 Å². The van der Waals surface area contributed by atoms with E-state index >= 15 is 0 Å². The van der Waals surface area contributed by atoms with Crippen molar-refractivity contribution < 1.29 is 4.79 Å². The molecule has 60 valence electrons. The molecule has 0 bridgehead atoms. The molecular formula is C7H9NO2S. The van der Waals surface area contributed by atoms with Crippen LogP contribution in [0.4, 0.5) is 0 Å². The lowest BCUT2D eigenvalue weighted by Gasteiger charge is -1.97. The van der Waals surface area contributed by atoms with Crippen LogP contribution in [0.25, 0.3) is 0 Å². The molecule has 3 nitrogen and oxygen atoms in total. The maximum absolute atomic E-state index is 11.2. The van der Waals surface area contributed by atoms with Gasteiger partial charge in [0.1, 0.15) is 0 Å². The van der Waals surface area contributed by atoms with Gasteiger partial charge in [0.2, 0.25) is 0 Å². The molecule has 0 unspecified atom stereocenters. The lowest BCUT2D eigenvalue weighted by atomic mass is 10.1. The second-order valence-electron chi connectivity index (χ2n) is 2.60. The summed E-state index contributed by atoms with van der Waals surface area (Å²) in [6, 6.07) is 1.34. The van der Waals surface area contributed by atoms with Gasteiger partial charge in [0, 0.05) is 12.0 Å². The number of nitrogens with one attached hydrogen (secondary N) is 1. The molecule has 0 saturated heterocycles. The number of hydrogen-bond donors (Lipinski definition) is 1.